The van der Waals surface area contributed by atoms with Crippen molar-refractivity contribution in [3.05, 3.63) is 42.0 Å². The SMILES string of the molecule is CCCN1CC[C@H]2CN(c3cc(F)c(-c4cnc(N5CCOCC5)nc4)cc3NC(=O)C3C=NC(=O)C=C3C(F)(F)F)C[C@H]21. The Morgan fingerprint density at radius 2 is 1.84 bits per heavy atom. The number of dihydropyridines is 1. The molecule has 1 N–H and O–H groups in total. The summed E-state index contributed by atoms with van der Waals surface area (Å²) in [6, 6.07) is 2.99. The first-order valence-electron chi connectivity index (χ1n) is 14.8. The molecule has 5 heterocycles. The van der Waals surface area contributed by atoms with Crippen LogP contribution in [0.5, 0.6) is 0 Å². The summed E-state index contributed by atoms with van der Waals surface area (Å²) in [4.78, 5) is 43.6. The fourth-order valence-corrected chi connectivity index (χ4v) is 6.51. The monoisotopic (exact) mass is 615 g/mol. The quantitative estimate of drug-likeness (QED) is 0.471. The Hall–Kier alpha value is -3.91. The topological polar surface area (TPSA) is 103 Å². The van der Waals surface area contributed by atoms with Crippen LogP contribution in [0.1, 0.15) is 19.8 Å². The fourth-order valence-electron chi connectivity index (χ4n) is 6.51. The first-order valence-corrected chi connectivity index (χ1v) is 14.8. The minimum atomic E-state index is -4.92. The van der Waals surface area contributed by atoms with Crippen LogP contribution in [0.3, 0.4) is 0 Å². The van der Waals surface area contributed by atoms with E-state index in [0.29, 0.717) is 74.8 Å². The molecule has 1 aromatic carbocycles. The van der Waals surface area contributed by atoms with Gasteiger partial charge in [0.15, 0.2) is 0 Å². The van der Waals surface area contributed by atoms with Crippen LogP contribution in [-0.4, -0.2) is 97.6 Å². The van der Waals surface area contributed by atoms with Gasteiger partial charge in [0.2, 0.25) is 11.9 Å². The highest BCUT2D eigenvalue weighted by Gasteiger charge is 2.44. The number of carbonyl (C=O) groups excluding carboxylic acids is 2. The predicted molar refractivity (Wildman–Crippen MR) is 156 cm³/mol. The number of aromatic nitrogens is 2. The normalized spacial score (nSPS) is 24.1. The molecule has 4 aliphatic rings. The van der Waals surface area contributed by atoms with Gasteiger partial charge in [0.1, 0.15) is 11.7 Å². The highest BCUT2D eigenvalue weighted by atomic mass is 19.4. The van der Waals surface area contributed by atoms with E-state index in [0.717, 1.165) is 25.9 Å². The maximum atomic E-state index is 15.8. The first kappa shape index (κ1) is 30.1. The van der Waals surface area contributed by atoms with E-state index in [1.54, 1.807) is 0 Å². The number of morpholine rings is 1. The van der Waals surface area contributed by atoms with Gasteiger partial charge in [-0.25, -0.2) is 19.4 Å². The number of benzene rings is 1. The van der Waals surface area contributed by atoms with Crippen molar-refractivity contribution in [3.8, 4) is 11.1 Å². The second-order valence-corrected chi connectivity index (χ2v) is 11.5. The maximum absolute atomic E-state index is 15.8. The molecule has 44 heavy (non-hydrogen) atoms. The molecule has 3 saturated heterocycles. The second kappa shape index (κ2) is 12.2. The van der Waals surface area contributed by atoms with Gasteiger partial charge >= 0.3 is 6.18 Å². The molecule has 0 spiro atoms. The van der Waals surface area contributed by atoms with Gasteiger partial charge < -0.3 is 19.9 Å². The molecule has 0 bridgehead atoms. The Bertz CT molecular complexity index is 1470. The van der Waals surface area contributed by atoms with Crippen LogP contribution < -0.4 is 15.1 Å². The standard InChI is InChI=1S/C30H33F4N7O3/c1-2-4-39-5-3-18-16-41(17-26(18)39)25-12-23(31)20(19-13-36-29(37-14-19)40-6-8-44-9-7-40)10-24(25)38-28(43)21-15-35-27(42)11-22(21)30(32,33)34/h10-15,18,21,26H,2-9,16-17H2,1H3,(H,38,43)/t18-,21?,26+/m0/s1. The lowest BCUT2D eigenvalue weighted by atomic mass is 9.95. The van der Waals surface area contributed by atoms with Crippen LogP contribution in [-0.2, 0) is 14.3 Å². The van der Waals surface area contributed by atoms with E-state index in [1.807, 2.05) is 9.80 Å². The van der Waals surface area contributed by atoms with Gasteiger partial charge in [0, 0.05) is 68.0 Å². The van der Waals surface area contributed by atoms with Crippen molar-refractivity contribution in [2.75, 3.05) is 67.6 Å². The lowest BCUT2D eigenvalue weighted by molar-refractivity contribution is -0.124. The number of nitrogens with one attached hydrogen (secondary N) is 1. The number of nitrogens with zero attached hydrogens (tertiary/aromatic N) is 6. The molecule has 0 saturated carbocycles. The number of carbonyl (C=O) groups is 2. The number of alkyl halides is 3. The number of hydrogen-bond acceptors (Lipinski definition) is 8. The van der Waals surface area contributed by atoms with Crippen LogP contribution in [0.25, 0.3) is 11.1 Å². The Morgan fingerprint density at radius 1 is 1.09 bits per heavy atom. The molecule has 2 aromatic rings. The van der Waals surface area contributed by atoms with Crippen molar-refractivity contribution in [1.29, 1.82) is 0 Å². The van der Waals surface area contributed by atoms with Crippen LogP contribution in [0, 0.1) is 17.7 Å². The zero-order valence-corrected chi connectivity index (χ0v) is 24.2. The first-order chi connectivity index (χ1) is 21.1. The molecular weight excluding hydrogens is 582 g/mol. The zero-order valence-electron chi connectivity index (χ0n) is 24.2. The molecule has 10 nitrogen and oxygen atoms in total. The third kappa shape index (κ3) is 6.05. The number of amides is 2. The fraction of sp³-hybridized carbons (Fsp3) is 0.500. The number of anilines is 3. The third-order valence-corrected chi connectivity index (χ3v) is 8.68. The second-order valence-electron chi connectivity index (χ2n) is 11.5. The summed E-state index contributed by atoms with van der Waals surface area (Å²) in [6.45, 7) is 7.60. The van der Waals surface area contributed by atoms with Crippen LogP contribution >= 0.6 is 0 Å². The molecule has 6 rings (SSSR count). The number of likely N-dealkylation sites (tertiary alicyclic amines) is 1. The molecule has 2 amide bonds. The number of hydrogen-bond donors (Lipinski definition) is 1. The van der Waals surface area contributed by atoms with Crippen molar-refractivity contribution >= 4 is 35.4 Å². The highest BCUT2D eigenvalue weighted by molar-refractivity contribution is 6.11. The molecule has 234 valence electrons. The summed E-state index contributed by atoms with van der Waals surface area (Å²) in [5.74, 6) is -3.72. The molecule has 0 radical (unpaired) electrons. The summed E-state index contributed by atoms with van der Waals surface area (Å²) >= 11 is 0. The zero-order chi connectivity index (χ0) is 31.0. The number of rotatable bonds is 7. The lowest BCUT2D eigenvalue weighted by Crippen LogP contribution is -2.37. The van der Waals surface area contributed by atoms with Gasteiger partial charge in [-0.2, -0.15) is 13.2 Å². The lowest BCUT2D eigenvalue weighted by Gasteiger charge is -2.28. The Balaban J connectivity index is 1.33. The average Bonchev–Trinajstić information content (AvgIpc) is 3.60. The number of ether oxygens (including phenoxy) is 1. The minimum absolute atomic E-state index is 0.0867. The molecule has 14 heteroatoms. The summed E-state index contributed by atoms with van der Waals surface area (Å²) in [5, 5.41) is 2.61. The van der Waals surface area contributed by atoms with Crippen LogP contribution in [0.4, 0.5) is 34.9 Å². The maximum Gasteiger partial charge on any atom is 0.414 e. The van der Waals surface area contributed by atoms with Gasteiger partial charge in [-0.1, -0.05) is 6.92 Å². The van der Waals surface area contributed by atoms with E-state index in [2.05, 4.69) is 32.1 Å². The highest BCUT2D eigenvalue weighted by Crippen LogP contribution is 2.41. The van der Waals surface area contributed by atoms with Gasteiger partial charge in [0.05, 0.1) is 30.2 Å². The Morgan fingerprint density at radius 3 is 2.55 bits per heavy atom. The number of halogens is 4. The smallest absolute Gasteiger partial charge is 0.378 e. The van der Waals surface area contributed by atoms with Crippen molar-refractivity contribution in [2.24, 2.45) is 16.8 Å². The summed E-state index contributed by atoms with van der Waals surface area (Å²) in [5.41, 5.74) is -0.356. The van der Waals surface area contributed by atoms with E-state index in [9.17, 15) is 22.8 Å². The number of aliphatic imine (C=N–C) groups is 1. The van der Waals surface area contributed by atoms with E-state index >= 15 is 4.39 Å². The summed E-state index contributed by atoms with van der Waals surface area (Å²) in [7, 11) is 0. The molecule has 4 aliphatic heterocycles. The molecule has 1 unspecified atom stereocenters. The van der Waals surface area contributed by atoms with Gasteiger partial charge in [-0.3, -0.25) is 14.5 Å². The molecule has 0 aliphatic carbocycles. The van der Waals surface area contributed by atoms with Crippen LogP contribution in [0.15, 0.2) is 41.2 Å². The van der Waals surface area contributed by atoms with Gasteiger partial charge in [0.25, 0.3) is 5.91 Å². The third-order valence-electron chi connectivity index (χ3n) is 8.68. The van der Waals surface area contributed by atoms with Crippen molar-refractivity contribution < 1.29 is 31.9 Å². The minimum Gasteiger partial charge on any atom is -0.378 e. The van der Waals surface area contributed by atoms with E-state index < -0.39 is 35.3 Å². The average molecular weight is 616 g/mol. The van der Waals surface area contributed by atoms with E-state index in [4.69, 9.17) is 4.74 Å². The Labute approximate surface area is 251 Å². The summed E-state index contributed by atoms with van der Waals surface area (Å²) < 4.78 is 62.5. The van der Waals surface area contributed by atoms with E-state index in [-0.39, 0.29) is 17.3 Å². The van der Waals surface area contributed by atoms with Gasteiger partial charge in [-0.15, -0.1) is 0 Å². The van der Waals surface area contributed by atoms with Crippen molar-refractivity contribution in [2.45, 2.75) is 32.0 Å². The predicted octanol–water partition coefficient (Wildman–Crippen LogP) is 3.69. The van der Waals surface area contributed by atoms with Crippen molar-refractivity contribution in [3.63, 3.8) is 0 Å². The van der Waals surface area contributed by atoms with E-state index in [1.165, 1.54) is 24.5 Å². The Kier molecular flexibility index (Phi) is 8.38. The largest absolute Gasteiger partial charge is 0.414 e. The summed E-state index contributed by atoms with van der Waals surface area (Å²) in [6.07, 6.45) is 1.06. The van der Waals surface area contributed by atoms with Crippen molar-refractivity contribution in [1.82, 2.24) is 14.9 Å². The molecular formula is C30H33F4N7O3. The molecule has 1 aromatic heterocycles. The molecule has 3 fully saturated rings. The molecule has 3 atom stereocenters. The van der Waals surface area contributed by atoms with Crippen LogP contribution in [0.2, 0.25) is 0 Å². The number of fused-ring (bicyclic) bond motifs is 1. The van der Waals surface area contributed by atoms with Gasteiger partial charge in [-0.05, 0) is 44.0 Å².